The maximum atomic E-state index is 2.49. The number of nitrogens with zero attached hydrogens (tertiary/aromatic N) is 2. The van der Waals surface area contributed by atoms with Crippen molar-refractivity contribution in [2.24, 2.45) is 5.92 Å². The SMILES string of the molecule is CC1C=CC=CC1N(c1ccc(N(c2ccc(C(C)(C)C)cc2)c2cccc3ccccc23)cc1)c1ccc2ccccc2c1. The highest BCUT2D eigenvalue weighted by atomic mass is 15.2. The number of fused-ring (bicyclic) bond motifs is 2. The number of allylic oxidation sites excluding steroid dienone is 2. The van der Waals surface area contributed by atoms with Crippen molar-refractivity contribution in [3.05, 3.63) is 163 Å². The summed E-state index contributed by atoms with van der Waals surface area (Å²) >= 11 is 0. The van der Waals surface area contributed by atoms with E-state index in [1.807, 2.05) is 0 Å². The summed E-state index contributed by atoms with van der Waals surface area (Å²) in [7, 11) is 0. The third kappa shape index (κ3) is 5.65. The van der Waals surface area contributed by atoms with E-state index in [1.165, 1.54) is 44.2 Å². The Labute approximate surface area is 267 Å². The summed E-state index contributed by atoms with van der Waals surface area (Å²) in [6.07, 6.45) is 8.97. The van der Waals surface area contributed by atoms with Crippen molar-refractivity contribution in [2.75, 3.05) is 9.80 Å². The van der Waals surface area contributed by atoms with Gasteiger partial charge in [0, 0.05) is 28.1 Å². The minimum absolute atomic E-state index is 0.0938. The summed E-state index contributed by atoms with van der Waals surface area (Å²) in [6.45, 7) is 9.10. The Hall–Kier alpha value is -5.08. The van der Waals surface area contributed by atoms with Crippen molar-refractivity contribution in [1.29, 1.82) is 0 Å². The van der Waals surface area contributed by atoms with Crippen molar-refractivity contribution < 1.29 is 0 Å². The molecule has 0 bridgehead atoms. The zero-order chi connectivity index (χ0) is 31.0. The average molecular weight is 585 g/mol. The minimum atomic E-state index is 0.0938. The number of anilines is 5. The van der Waals surface area contributed by atoms with Gasteiger partial charge >= 0.3 is 0 Å². The molecule has 0 amide bonds. The van der Waals surface area contributed by atoms with Crippen LogP contribution in [0.5, 0.6) is 0 Å². The predicted molar refractivity (Wildman–Crippen MR) is 195 cm³/mol. The van der Waals surface area contributed by atoms with Crippen LogP contribution in [0.1, 0.15) is 33.3 Å². The average Bonchev–Trinajstić information content (AvgIpc) is 3.06. The van der Waals surface area contributed by atoms with Gasteiger partial charge in [-0.15, -0.1) is 0 Å². The molecule has 1 aliphatic carbocycles. The third-order valence-corrected chi connectivity index (χ3v) is 9.07. The monoisotopic (exact) mass is 584 g/mol. The van der Waals surface area contributed by atoms with Crippen molar-refractivity contribution in [3.8, 4) is 0 Å². The van der Waals surface area contributed by atoms with E-state index in [1.54, 1.807) is 0 Å². The Morgan fingerprint density at radius 3 is 1.80 bits per heavy atom. The van der Waals surface area contributed by atoms with Crippen molar-refractivity contribution in [1.82, 2.24) is 0 Å². The van der Waals surface area contributed by atoms with Crippen LogP contribution in [0, 0.1) is 5.92 Å². The molecule has 0 radical (unpaired) electrons. The normalized spacial score (nSPS) is 16.3. The Morgan fingerprint density at radius 2 is 1.09 bits per heavy atom. The molecule has 2 atom stereocenters. The molecule has 0 saturated carbocycles. The molecule has 222 valence electrons. The van der Waals surface area contributed by atoms with Gasteiger partial charge in [0.2, 0.25) is 0 Å². The van der Waals surface area contributed by atoms with Gasteiger partial charge in [-0.05, 0) is 87.7 Å². The van der Waals surface area contributed by atoms with Gasteiger partial charge in [0.15, 0.2) is 0 Å². The predicted octanol–water partition coefficient (Wildman–Crippen LogP) is 12.0. The maximum absolute atomic E-state index is 2.49. The highest BCUT2D eigenvalue weighted by Gasteiger charge is 2.25. The van der Waals surface area contributed by atoms with Gasteiger partial charge < -0.3 is 9.80 Å². The number of benzene rings is 6. The first-order valence-corrected chi connectivity index (χ1v) is 16.0. The van der Waals surface area contributed by atoms with Crippen molar-refractivity contribution in [3.63, 3.8) is 0 Å². The molecule has 0 spiro atoms. The lowest BCUT2D eigenvalue weighted by Gasteiger charge is -2.36. The fourth-order valence-electron chi connectivity index (χ4n) is 6.55. The highest BCUT2D eigenvalue weighted by molar-refractivity contribution is 5.99. The molecule has 6 aromatic rings. The lowest BCUT2D eigenvalue weighted by molar-refractivity contribution is 0.590. The second kappa shape index (κ2) is 11.8. The maximum Gasteiger partial charge on any atom is 0.0585 e. The molecule has 7 rings (SSSR count). The molecule has 2 heteroatoms. The first-order valence-electron chi connectivity index (χ1n) is 16.0. The highest BCUT2D eigenvalue weighted by Crippen LogP contribution is 2.41. The summed E-state index contributed by atoms with van der Waals surface area (Å²) in [6, 6.07) is 49.1. The van der Waals surface area contributed by atoms with Crippen LogP contribution in [0.15, 0.2) is 158 Å². The van der Waals surface area contributed by atoms with E-state index >= 15 is 0 Å². The van der Waals surface area contributed by atoms with Gasteiger partial charge in [0.05, 0.1) is 11.7 Å². The summed E-state index contributed by atoms with van der Waals surface area (Å²) < 4.78 is 0. The van der Waals surface area contributed by atoms with E-state index in [0.717, 1.165) is 11.4 Å². The number of hydrogen-bond donors (Lipinski definition) is 0. The molecule has 2 unspecified atom stereocenters. The lowest BCUT2D eigenvalue weighted by atomic mass is 9.87. The minimum Gasteiger partial charge on any atom is -0.334 e. The Kier molecular flexibility index (Phi) is 7.51. The molecule has 0 aromatic heterocycles. The van der Waals surface area contributed by atoms with Crippen LogP contribution < -0.4 is 9.80 Å². The number of hydrogen-bond acceptors (Lipinski definition) is 2. The number of rotatable bonds is 6. The lowest BCUT2D eigenvalue weighted by Crippen LogP contribution is -2.35. The molecule has 2 nitrogen and oxygen atoms in total. The van der Waals surface area contributed by atoms with Crippen LogP contribution in [-0.2, 0) is 5.41 Å². The van der Waals surface area contributed by atoms with Crippen LogP contribution in [-0.4, -0.2) is 6.04 Å². The van der Waals surface area contributed by atoms with E-state index in [-0.39, 0.29) is 11.5 Å². The van der Waals surface area contributed by atoms with E-state index in [4.69, 9.17) is 0 Å². The molecule has 0 N–H and O–H groups in total. The van der Waals surface area contributed by atoms with E-state index in [0.29, 0.717) is 5.92 Å². The standard InChI is InChI=1S/C43H40N2/c1-31-12-5-10-18-41(31)45(39-23-20-32-13-6-7-15-34(32)30-39)38-28-26-37(27-29-38)44(36-24-21-35(22-25-36)43(2,3)4)42-19-11-16-33-14-8-9-17-40(33)42/h5-31,41H,1-4H3. The largest absolute Gasteiger partial charge is 0.334 e. The second-order valence-corrected chi connectivity index (χ2v) is 13.2. The molecule has 0 aliphatic heterocycles. The fraction of sp³-hybridized carbons (Fsp3) is 0.163. The Balaban J connectivity index is 1.34. The molecule has 1 aliphatic rings. The molecule has 6 aromatic carbocycles. The van der Waals surface area contributed by atoms with Crippen molar-refractivity contribution in [2.45, 2.75) is 39.2 Å². The van der Waals surface area contributed by atoms with Crippen molar-refractivity contribution >= 4 is 50.0 Å². The molecule has 45 heavy (non-hydrogen) atoms. The first kappa shape index (κ1) is 28.7. The summed E-state index contributed by atoms with van der Waals surface area (Å²) in [4.78, 5) is 4.88. The summed E-state index contributed by atoms with van der Waals surface area (Å²) in [5.74, 6) is 0.370. The van der Waals surface area contributed by atoms with Gasteiger partial charge in [-0.2, -0.15) is 0 Å². The van der Waals surface area contributed by atoms with Crippen LogP contribution in [0.25, 0.3) is 21.5 Å². The first-order chi connectivity index (χ1) is 21.9. The zero-order valence-electron chi connectivity index (χ0n) is 26.6. The van der Waals surface area contributed by atoms with E-state index in [2.05, 4.69) is 195 Å². The Bertz CT molecular complexity index is 2000. The fourth-order valence-corrected chi connectivity index (χ4v) is 6.55. The molecular weight excluding hydrogens is 544 g/mol. The zero-order valence-corrected chi connectivity index (χ0v) is 26.6. The van der Waals surface area contributed by atoms with E-state index < -0.39 is 0 Å². The van der Waals surface area contributed by atoms with E-state index in [9.17, 15) is 0 Å². The molecule has 0 heterocycles. The van der Waals surface area contributed by atoms with Gasteiger partial charge in [-0.25, -0.2) is 0 Å². The second-order valence-electron chi connectivity index (χ2n) is 13.2. The van der Waals surface area contributed by atoms with Gasteiger partial charge in [0.25, 0.3) is 0 Å². The third-order valence-electron chi connectivity index (χ3n) is 9.07. The summed E-state index contributed by atoms with van der Waals surface area (Å²) in [5, 5.41) is 4.97. The van der Waals surface area contributed by atoms with Crippen LogP contribution in [0.2, 0.25) is 0 Å². The Morgan fingerprint density at radius 1 is 0.511 bits per heavy atom. The topological polar surface area (TPSA) is 6.48 Å². The molecular formula is C43H40N2. The van der Waals surface area contributed by atoms with Crippen LogP contribution in [0.3, 0.4) is 0 Å². The smallest absolute Gasteiger partial charge is 0.0585 e. The van der Waals surface area contributed by atoms with Crippen LogP contribution >= 0.6 is 0 Å². The quantitative estimate of drug-likeness (QED) is 0.192. The van der Waals surface area contributed by atoms with Gasteiger partial charge in [-0.1, -0.05) is 131 Å². The molecule has 0 saturated heterocycles. The van der Waals surface area contributed by atoms with Gasteiger partial charge in [0.1, 0.15) is 0 Å². The molecule has 0 fully saturated rings. The van der Waals surface area contributed by atoms with Gasteiger partial charge in [-0.3, -0.25) is 0 Å². The summed E-state index contributed by atoms with van der Waals surface area (Å²) in [5.41, 5.74) is 7.24. The van der Waals surface area contributed by atoms with Crippen LogP contribution in [0.4, 0.5) is 28.4 Å².